The van der Waals surface area contributed by atoms with E-state index in [1.54, 1.807) is 6.07 Å². The van der Waals surface area contributed by atoms with Crippen LogP contribution < -0.4 is 15.2 Å². The summed E-state index contributed by atoms with van der Waals surface area (Å²) in [7, 11) is 0. The van der Waals surface area contributed by atoms with Crippen LogP contribution in [0.3, 0.4) is 0 Å². The molecule has 1 aliphatic heterocycles. The summed E-state index contributed by atoms with van der Waals surface area (Å²) in [5, 5.41) is 8.84. The highest BCUT2D eigenvalue weighted by Gasteiger charge is 2.21. The molecule has 66 valence electrons. The maximum atomic E-state index is 8.84. The summed E-state index contributed by atoms with van der Waals surface area (Å²) in [4.78, 5) is 0. The number of hydrogen-bond donors (Lipinski definition) is 1. The number of nitriles is 1. The van der Waals surface area contributed by atoms with E-state index < -0.39 is 0 Å². The van der Waals surface area contributed by atoms with Crippen molar-refractivity contribution < 1.29 is 9.47 Å². The molecule has 1 aliphatic rings. The first-order valence-corrected chi connectivity index (χ1v) is 3.83. The largest absolute Gasteiger partial charge is 0.454 e. The molecule has 0 atom stereocenters. The van der Waals surface area contributed by atoms with Crippen LogP contribution in [0.15, 0.2) is 6.07 Å². The fraction of sp³-hybridized carbons (Fsp3) is 0.222. The summed E-state index contributed by atoms with van der Waals surface area (Å²) in [6.45, 7) is 1.99. The summed E-state index contributed by atoms with van der Waals surface area (Å²) >= 11 is 0. The Labute approximate surface area is 75.5 Å². The molecular weight excluding hydrogens is 168 g/mol. The highest BCUT2D eigenvalue weighted by Crippen LogP contribution is 2.39. The van der Waals surface area contributed by atoms with E-state index in [2.05, 4.69) is 0 Å². The Balaban J connectivity index is 2.73. The van der Waals surface area contributed by atoms with Crippen molar-refractivity contribution in [2.45, 2.75) is 6.92 Å². The standard InChI is InChI=1S/C9H8N2O2/c1-5-2-7-9(13-4-12-7)6(3-10)8(5)11/h2H,4,11H2,1H3. The molecule has 0 unspecified atom stereocenters. The monoisotopic (exact) mass is 176 g/mol. The van der Waals surface area contributed by atoms with Crippen molar-refractivity contribution in [2.75, 3.05) is 12.5 Å². The molecule has 0 fully saturated rings. The fourth-order valence-electron chi connectivity index (χ4n) is 1.30. The Morgan fingerprint density at radius 1 is 1.54 bits per heavy atom. The molecular formula is C9H8N2O2. The smallest absolute Gasteiger partial charge is 0.231 e. The first-order chi connectivity index (χ1) is 6.24. The zero-order chi connectivity index (χ0) is 9.42. The lowest BCUT2D eigenvalue weighted by Crippen LogP contribution is -1.96. The Morgan fingerprint density at radius 2 is 2.31 bits per heavy atom. The van der Waals surface area contributed by atoms with Gasteiger partial charge in [0.2, 0.25) is 6.79 Å². The van der Waals surface area contributed by atoms with Crippen LogP contribution in [0.1, 0.15) is 11.1 Å². The summed E-state index contributed by atoms with van der Waals surface area (Å²) in [6.07, 6.45) is 0. The lowest BCUT2D eigenvalue weighted by atomic mass is 10.1. The van der Waals surface area contributed by atoms with Crippen LogP contribution in [0.2, 0.25) is 0 Å². The van der Waals surface area contributed by atoms with Gasteiger partial charge in [-0.05, 0) is 18.6 Å². The number of hydrogen-bond acceptors (Lipinski definition) is 4. The van der Waals surface area contributed by atoms with Gasteiger partial charge in [-0.2, -0.15) is 5.26 Å². The summed E-state index contributed by atoms with van der Waals surface area (Å²) in [5.74, 6) is 1.06. The highest BCUT2D eigenvalue weighted by atomic mass is 16.7. The highest BCUT2D eigenvalue weighted by molar-refractivity contribution is 5.70. The van der Waals surface area contributed by atoms with Crippen LogP contribution in [0.25, 0.3) is 0 Å². The van der Waals surface area contributed by atoms with Crippen LogP contribution in [-0.2, 0) is 0 Å². The molecule has 4 heteroatoms. The maximum absolute atomic E-state index is 8.84. The third-order valence-electron chi connectivity index (χ3n) is 2.02. The summed E-state index contributed by atoms with van der Waals surface area (Å²) in [6, 6.07) is 3.78. The molecule has 2 N–H and O–H groups in total. The molecule has 4 nitrogen and oxygen atoms in total. The molecule has 0 saturated heterocycles. The summed E-state index contributed by atoms with van der Waals surface area (Å²) in [5.41, 5.74) is 7.37. The van der Waals surface area contributed by atoms with E-state index in [9.17, 15) is 0 Å². The van der Waals surface area contributed by atoms with Crippen LogP contribution in [0.5, 0.6) is 11.5 Å². The molecule has 1 aromatic rings. The third-order valence-corrected chi connectivity index (χ3v) is 2.02. The van der Waals surface area contributed by atoms with Crippen LogP contribution in [-0.4, -0.2) is 6.79 Å². The second-order valence-electron chi connectivity index (χ2n) is 2.83. The SMILES string of the molecule is Cc1cc2c(c(C#N)c1N)OCO2. The molecule has 0 spiro atoms. The average molecular weight is 176 g/mol. The van der Waals surface area contributed by atoms with Crippen molar-refractivity contribution >= 4 is 5.69 Å². The van der Waals surface area contributed by atoms with E-state index in [4.69, 9.17) is 20.5 Å². The zero-order valence-electron chi connectivity index (χ0n) is 7.13. The molecule has 0 amide bonds. The average Bonchev–Trinajstić information content (AvgIpc) is 2.54. The van der Waals surface area contributed by atoms with E-state index >= 15 is 0 Å². The fourth-order valence-corrected chi connectivity index (χ4v) is 1.30. The van der Waals surface area contributed by atoms with Gasteiger partial charge in [0, 0.05) is 0 Å². The van der Waals surface area contributed by atoms with Gasteiger partial charge in [0.25, 0.3) is 0 Å². The first kappa shape index (κ1) is 7.74. The van der Waals surface area contributed by atoms with Gasteiger partial charge in [-0.25, -0.2) is 0 Å². The van der Waals surface area contributed by atoms with Gasteiger partial charge in [0.1, 0.15) is 11.6 Å². The second-order valence-corrected chi connectivity index (χ2v) is 2.83. The topological polar surface area (TPSA) is 68.3 Å². The Morgan fingerprint density at radius 3 is 3.00 bits per heavy atom. The van der Waals surface area contributed by atoms with Gasteiger partial charge in [-0.15, -0.1) is 0 Å². The quantitative estimate of drug-likeness (QED) is 0.602. The molecule has 13 heavy (non-hydrogen) atoms. The van der Waals surface area contributed by atoms with Crippen molar-refractivity contribution in [3.05, 3.63) is 17.2 Å². The predicted octanol–water partition coefficient (Wildman–Crippen LogP) is 1.18. The molecule has 1 heterocycles. The van der Waals surface area contributed by atoms with Crippen LogP contribution in [0, 0.1) is 18.3 Å². The van der Waals surface area contributed by atoms with E-state index in [0.717, 1.165) is 5.56 Å². The minimum absolute atomic E-state index is 0.160. The Hall–Kier alpha value is -1.89. The maximum Gasteiger partial charge on any atom is 0.231 e. The molecule has 0 aromatic heterocycles. The number of nitrogens with two attached hydrogens (primary N) is 1. The lowest BCUT2D eigenvalue weighted by molar-refractivity contribution is 0.173. The van der Waals surface area contributed by atoms with Crippen molar-refractivity contribution in [3.63, 3.8) is 0 Å². The number of benzene rings is 1. The number of aryl methyl sites for hydroxylation is 1. The molecule has 0 radical (unpaired) electrons. The molecule has 0 saturated carbocycles. The molecule has 0 bridgehead atoms. The Bertz CT molecular complexity index is 407. The van der Waals surface area contributed by atoms with E-state index in [1.807, 2.05) is 13.0 Å². The van der Waals surface area contributed by atoms with E-state index in [1.165, 1.54) is 0 Å². The number of anilines is 1. The number of rotatable bonds is 0. The third kappa shape index (κ3) is 0.975. The van der Waals surface area contributed by atoms with Gasteiger partial charge >= 0.3 is 0 Å². The van der Waals surface area contributed by atoms with Gasteiger partial charge in [-0.3, -0.25) is 0 Å². The Kier molecular flexibility index (Phi) is 1.52. The van der Waals surface area contributed by atoms with Crippen molar-refractivity contribution in [2.24, 2.45) is 0 Å². The molecule has 2 rings (SSSR count). The van der Waals surface area contributed by atoms with E-state index in [-0.39, 0.29) is 6.79 Å². The minimum Gasteiger partial charge on any atom is -0.454 e. The number of fused-ring (bicyclic) bond motifs is 1. The predicted molar refractivity (Wildman–Crippen MR) is 46.4 cm³/mol. The summed E-state index contributed by atoms with van der Waals surface area (Å²) < 4.78 is 10.3. The van der Waals surface area contributed by atoms with Gasteiger partial charge in [0.15, 0.2) is 11.5 Å². The van der Waals surface area contributed by atoms with Crippen LogP contribution in [0.4, 0.5) is 5.69 Å². The first-order valence-electron chi connectivity index (χ1n) is 3.83. The minimum atomic E-state index is 0.160. The lowest BCUT2D eigenvalue weighted by Gasteiger charge is -2.04. The normalized spacial score (nSPS) is 12.6. The van der Waals surface area contributed by atoms with Crippen molar-refractivity contribution in [1.82, 2.24) is 0 Å². The molecule has 1 aromatic carbocycles. The van der Waals surface area contributed by atoms with Gasteiger partial charge < -0.3 is 15.2 Å². The van der Waals surface area contributed by atoms with Crippen molar-refractivity contribution in [1.29, 1.82) is 5.26 Å². The zero-order valence-corrected chi connectivity index (χ0v) is 7.13. The number of nitrogen functional groups attached to an aromatic ring is 1. The van der Waals surface area contributed by atoms with Crippen LogP contribution >= 0.6 is 0 Å². The number of ether oxygens (including phenoxy) is 2. The van der Waals surface area contributed by atoms with E-state index in [0.29, 0.717) is 22.7 Å². The van der Waals surface area contributed by atoms with Crippen molar-refractivity contribution in [3.8, 4) is 17.6 Å². The molecule has 0 aliphatic carbocycles. The van der Waals surface area contributed by atoms with Gasteiger partial charge in [0.05, 0.1) is 5.69 Å². The van der Waals surface area contributed by atoms with Gasteiger partial charge in [-0.1, -0.05) is 0 Å². The second kappa shape index (κ2) is 2.56. The number of nitrogens with zero attached hydrogens (tertiary/aromatic N) is 1.